The lowest BCUT2D eigenvalue weighted by Crippen LogP contribution is -2.31. The lowest BCUT2D eigenvalue weighted by Gasteiger charge is -2.19. The van der Waals surface area contributed by atoms with Gasteiger partial charge in [0.15, 0.2) is 5.82 Å². The molecular formula is C23H22N6O4S. The molecule has 4 rings (SSSR count). The predicted octanol–water partition coefficient (Wildman–Crippen LogP) is 2.81. The second kappa shape index (κ2) is 10.2. The van der Waals surface area contributed by atoms with Crippen LogP contribution in [0.5, 0.6) is 0 Å². The van der Waals surface area contributed by atoms with Crippen molar-refractivity contribution in [1.29, 1.82) is 0 Å². The van der Waals surface area contributed by atoms with Crippen molar-refractivity contribution in [3.8, 4) is 5.69 Å². The van der Waals surface area contributed by atoms with Gasteiger partial charge >= 0.3 is 5.97 Å². The van der Waals surface area contributed by atoms with Crippen molar-refractivity contribution in [2.75, 3.05) is 5.48 Å². The molecule has 0 saturated heterocycles. The van der Waals surface area contributed by atoms with Gasteiger partial charge in [0.1, 0.15) is 4.90 Å². The van der Waals surface area contributed by atoms with Gasteiger partial charge < -0.3 is 4.84 Å². The molecular weight excluding hydrogens is 456 g/mol. The second-order valence-electron chi connectivity index (χ2n) is 7.33. The number of nitrogens with zero attached hydrogens (tertiary/aromatic N) is 4. The molecule has 0 saturated carbocycles. The van der Waals surface area contributed by atoms with E-state index in [0.717, 1.165) is 11.3 Å². The van der Waals surface area contributed by atoms with E-state index in [2.05, 4.69) is 25.3 Å². The molecule has 0 spiro atoms. The van der Waals surface area contributed by atoms with Crippen molar-refractivity contribution in [1.82, 2.24) is 24.5 Å². The van der Waals surface area contributed by atoms with E-state index in [0.29, 0.717) is 12.1 Å². The van der Waals surface area contributed by atoms with Gasteiger partial charge in [-0.2, -0.15) is 5.10 Å². The Bertz CT molecular complexity index is 1340. The summed E-state index contributed by atoms with van der Waals surface area (Å²) in [4.78, 5) is 24.3. The van der Waals surface area contributed by atoms with Gasteiger partial charge in [0.2, 0.25) is 10.0 Å². The molecule has 3 aromatic heterocycles. The van der Waals surface area contributed by atoms with Crippen LogP contribution in [0.1, 0.15) is 24.2 Å². The summed E-state index contributed by atoms with van der Waals surface area (Å²) in [7, 11) is -3.88. The molecule has 1 unspecified atom stereocenters. The first kappa shape index (κ1) is 23.1. The number of hydrogen-bond acceptors (Lipinski definition) is 8. The smallest absolute Gasteiger partial charge is 0.329 e. The van der Waals surface area contributed by atoms with E-state index >= 15 is 0 Å². The highest BCUT2D eigenvalue weighted by molar-refractivity contribution is 7.89. The Morgan fingerprint density at radius 2 is 1.88 bits per heavy atom. The maximum absolute atomic E-state index is 13.0. The van der Waals surface area contributed by atoms with E-state index in [1.54, 1.807) is 35.1 Å². The molecule has 1 atom stereocenters. The zero-order valence-electron chi connectivity index (χ0n) is 18.2. The molecule has 174 valence electrons. The number of benzene rings is 1. The van der Waals surface area contributed by atoms with Crippen molar-refractivity contribution in [2.45, 2.75) is 24.3 Å². The van der Waals surface area contributed by atoms with Gasteiger partial charge in [0.25, 0.3) is 0 Å². The Kier molecular flexibility index (Phi) is 6.95. The Morgan fingerprint density at radius 3 is 2.56 bits per heavy atom. The fourth-order valence-corrected chi connectivity index (χ4v) is 4.41. The van der Waals surface area contributed by atoms with Crippen LogP contribution >= 0.6 is 0 Å². The Hall–Kier alpha value is -4.09. The quantitative estimate of drug-likeness (QED) is 0.352. The van der Waals surface area contributed by atoms with Gasteiger partial charge in [0, 0.05) is 31.7 Å². The summed E-state index contributed by atoms with van der Waals surface area (Å²) in [6.45, 7) is 1.26. The average molecular weight is 479 g/mol. The molecule has 0 aliphatic rings. The molecule has 11 heteroatoms. The molecule has 0 aliphatic carbocycles. The number of hydrogen-bond donors (Lipinski definition) is 2. The summed E-state index contributed by atoms with van der Waals surface area (Å²) in [6.07, 6.45) is 6.64. The Morgan fingerprint density at radius 1 is 1.06 bits per heavy atom. The van der Waals surface area contributed by atoms with Crippen LogP contribution in [0.4, 0.5) is 5.82 Å². The molecule has 10 nitrogen and oxygen atoms in total. The van der Waals surface area contributed by atoms with E-state index in [-0.39, 0.29) is 10.7 Å². The first-order valence-electron chi connectivity index (χ1n) is 10.3. The van der Waals surface area contributed by atoms with Crippen LogP contribution in [0.25, 0.3) is 5.69 Å². The van der Waals surface area contributed by atoms with Crippen molar-refractivity contribution in [3.63, 3.8) is 0 Å². The third-order valence-corrected chi connectivity index (χ3v) is 6.27. The maximum Gasteiger partial charge on any atom is 0.329 e. The van der Waals surface area contributed by atoms with Crippen LogP contribution in [-0.2, 0) is 26.1 Å². The molecule has 1 aromatic carbocycles. The number of anilines is 1. The number of carbonyl (C=O) groups excluding carboxylic acids is 1. The first-order valence-corrected chi connectivity index (χ1v) is 11.8. The summed E-state index contributed by atoms with van der Waals surface area (Å²) in [6, 6.07) is 16.8. The number of aromatic nitrogens is 4. The van der Waals surface area contributed by atoms with Crippen LogP contribution in [-0.4, -0.2) is 34.1 Å². The number of nitrogens with one attached hydrogen (secondary N) is 2. The van der Waals surface area contributed by atoms with Crippen LogP contribution < -0.4 is 10.2 Å². The van der Waals surface area contributed by atoms with E-state index < -0.39 is 22.0 Å². The summed E-state index contributed by atoms with van der Waals surface area (Å²) in [5, 5.41) is 4.21. The van der Waals surface area contributed by atoms with E-state index in [1.807, 2.05) is 36.5 Å². The highest BCUT2D eigenvalue weighted by Crippen LogP contribution is 2.22. The molecule has 34 heavy (non-hydrogen) atoms. The van der Waals surface area contributed by atoms with E-state index in [4.69, 9.17) is 4.84 Å². The number of pyridine rings is 2. The van der Waals surface area contributed by atoms with Gasteiger partial charge in [0.05, 0.1) is 17.4 Å². The third-order valence-electron chi connectivity index (χ3n) is 4.81. The second-order valence-corrected chi connectivity index (χ2v) is 9.04. The zero-order chi connectivity index (χ0) is 24.0. The topological polar surface area (TPSA) is 128 Å². The molecule has 2 N–H and O–H groups in total. The van der Waals surface area contributed by atoms with Crippen molar-refractivity contribution in [3.05, 3.63) is 96.7 Å². The standard InChI is InChI=1S/C23H22N6O4S/c1-17(30)33-27-23-7-2-6-21(26-23)22(28-34(31,32)20-5-3-12-24-16-20)15-18-8-10-19(11-9-18)29-14-4-13-25-29/h2-14,16,22,28H,15H2,1H3,(H,26,27). The fraction of sp³-hybridized carbons (Fsp3) is 0.130. The van der Waals surface area contributed by atoms with Gasteiger partial charge in [-0.3, -0.25) is 9.78 Å². The van der Waals surface area contributed by atoms with Gasteiger partial charge in [-0.05, 0) is 54.4 Å². The van der Waals surface area contributed by atoms with Gasteiger partial charge in [-0.1, -0.05) is 18.2 Å². The SMILES string of the molecule is CC(=O)ONc1cccc(C(Cc2ccc(-n3cccn3)cc2)NS(=O)(=O)c2cccnc2)n1. The lowest BCUT2D eigenvalue weighted by atomic mass is 10.0. The fourth-order valence-electron chi connectivity index (χ4n) is 3.24. The zero-order valence-corrected chi connectivity index (χ0v) is 19.0. The number of carbonyl (C=O) groups is 1. The van der Waals surface area contributed by atoms with Gasteiger partial charge in [-0.15, -0.1) is 0 Å². The molecule has 4 aromatic rings. The molecule has 3 heterocycles. The van der Waals surface area contributed by atoms with E-state index in [1.165, 1.54) is 25.4 Å². The van der Waals surface area contributed by atoms with Gasteiger partial charge in [-0.25, -0.2) is 28.3 Å². The Balaban J connectivity index is 1.63. The lowest BCUT2D eigenvalue weighted by molar-refractivity contribution is -0.138. The summed E-state index contributed by atoms with van der Waals surface area (Å²) < 4.78 is 30.5. The summed E-state index contributed by atoms with van der Waals surface area (Å²) in [5.74, 6) is -0.259. The first-order chi connectivity index (χ1) is 16.4. The molecule has 0 fully saturated rings. The van der Waals surface area contributed by atoms with Crippen molar-refractivity contribution < 1.29 is 18.0 Å². The van der Waals surface area contributed by atoms with Crippen molar-refractivity contribution >= 4 is 21.8 Å². The molecule has 0 bridgehead atoms. The molecule has 0 amide bonds. The molecule has 0 radical (unpaired) electrons. The van der Waals surface area contributed by atoms with Crippen LogP contribution in [0.2, 0.25) is 0 Å². The molecule has 0 aliphatic heterocycles. The predicted molar refractivity (Wildman–Crippen MR) is 124 cm³/mol. The maximum atomic E-state index is 13.0. The van der Waals surface area contributed by atoms with Crippen LogP contribution in [0.3, 0.4) is 0 Å². The minimum absolute atomic E-state index is 0.0447. The summed E-state index contributed by atoms with van der Waals surface area (Å²) >= 11 is 0. The van der Waals surface area contributed by atoms with E-state index in [9.17, 15) is 13.2 Å². The largest absolute Gasteiger partial charge is 0.342 e. The monoisotopic (exact) mass is 478 g/mol. The highest BCUT2D eigenvalue weighted by atomic mass is 32.2. The average Bonchev–Trinajstić information content (AvgIpc) is 3.38. The number of sulfonamides is 1. The van der Waals surface area contributed by atoms with Crippen molar-refractivity contribution in [2.24, 2.45) is 0 Å². The normalized spacial score (nSPS) is 12.1. The highest BCUT2D eigenvalue weighted by Gasteiger charge is 2.23. The minimum atomic E-state index is -3.88. The minimum Gasteiger partial charge on any atom is -0.342 e. The van der Waals surface area contributed by atoms with Crippen LogP contribution in [0, 0.1) is 0 Å². The van der Waals surface area contributed by atoms with Crippen LogP contribution in [0.15, 0.2) is 90.3 Å². The summed E-state index contributed by atoms with van der Waals surface area (Å²) in [5.41, 5.74) is 4.67. The third kappa shape index (κ3) is 5.82. The Labute approximate surface area is 196 Å². The number of rotatable bonds is 9.